The third-order valence-electron chi connectivity index (χ3n) is 14.3. The van der Waals surface area contributed by atoms with Gasteiger partial charge in [0.05, 0.1) is 22.8 Å². The molecule has 0 radical (unpaired) electrons. The number of benzene rings is 4. The second-order valence-corrected chi connectivity index (χ2v) is 19.5. The lowest BCUT2D eigenvalue weighted by Gasteiger charge is -2.12. The Morgan fingerprint density at radius 2 is 0.625 bits per heavy atom. The van der Waals surface area contributed by atoms with Gasteiger partial charge in [-0.05, 0) is 64.8 Å². The fraction of sp³-hybridized carbons (Fsp3) is 0.0588. The van der Waals surface area contributed by atoms with Gasteiger partial charge in [0.25, 0.3) is 0 Å². The Kier molecular flexibility index (Phi) is 18.3. The van der Waals surface area contributed by atoms with E-state index in [2.05, 4.69) is 284 Å². The highest BCUT2D eigenvalue weighted by atomic mass is 79.9. The molecular weight excluding hydrogens is 1250 g/mol. The lowest BCUT2D eigenvalue weighted by atomic mass is 9.95. The summed E-state index contributed by atoms with van der Waals surface area (Å²) in [6, 6.07) is 67.2. The highest BCUT2D eigenvalue weighted by molar-refractivity contribution is 6.31. The molecule has 4 aromatic carbocycles. The summed E-state index contributed by atoms with van der Waals surface area (Å²) in [4.78, 5) is 18.9. The number of nitrogens with one attached hydrogen (secondary N) is 2. The number of allylic oxidation sites excluding steroid dienone is 4. The molecule has 13 rings (SSSR count). The summed E-state index contributed by atoms with van der Waals surface area (Å²) in [5.41, 5.74) is 18.7. The maximum Gasteiger partial charge on any atom is 0.173 e. The van der Waals surface area contributed by atoms with Crippen molar-refractivity contribution in [3.8, 4) is 0 Å². The van der Waals surface area contributed by atoms with Crippen LogP contribution in [0.1, 0.15) is 55.8 Å². The van der Waals surface area contributed by atoms with Crippen molar-refractivity contribution in [3.05, 3.63) is 346 Å². The van der Waals surface area contributed by atoms with Crippen molar-refractivity contribution in [2.75, 3.05) is 0 Å². The number of pyridine rings is 4. The van der Waals surface area contributed by atoms with Crippen LogP contribution in [0.25, 0.3) is 22.3 Å². The van der Waals surface area contributed by atoms with Crippen LogP contribution in [0.15, 0.2) is 290 Å². The largest absolute Gasteiger partial charge is 1.00 e. The molecule has 394 valence electrons. The Bertz CT molecular complexity index is 3830. The Morgan fingerprint density at radius 3 is 0.975 bits per heavy atom. The van der Waals surface area contributed by atoms with Gasteiger partial charge in [0.2, 0.25) is 0 Å². The quantitative estimate of drug-likeness (QED) is 0.126. The Morgan fingerprint density at radius 1 is 0.312 bits per heavy atom. The summed E-state index contributed by atoms with van der Waals surface area (Å²) in [6.45, 7) is 3.09. The predicted molar refractivity (Wildman–Crippen MR) is 300 cm³/mol. The van der Waals surface area contributed by atoms with Crippen molar-refractivity contribution in [2.45, 2.75) is 26.2 Å². The fourth-order valence-corrected chi connectivity index (χ4v) is 10.5. The number of aromatic amines is 2. The number of halogens is 4. The molecule has 0 saturated heterocycles. The normalized spacial score (nSPS) is 13.2. The Hall–Kier alpha value is -8.00. The number of nitrogens with zero attached hydrogens (tertiary/aromatic N) is 6. The van der Waals surface area contributed by atoms with Gasteiger partial charge in [-0.15, -0.1) is 0 Å². The van der Waals surface area contributed by atoms with E-state index in [0.29, 0.717) is 0 Å². The van der Waals surface area contributed by atoms with Crippen LogP contribution < -0.4 is 96.9 Å². The van der Waals surface area contributed by atoms with Crippen molar-refractivity contribution >= 4 is 33.7 Å². The molecule has 0 unspecified atom stereocenters. The van der Waals surface area contributed by atoms with Gasteiger partial charge in [-0.3, -0.25) is 0 Å². The fourth-order valence-electron chi connectivity index (χ4n) is 10.5. The van der Waals surface area contributed by atoms with Gasteiger partial charge < -0.3 is 77.9 Å². The van der Waals surface area contributed by atoms with Crippen LogP contribution in [0.2, 0.25) is 0 Å². The second-order valence-electron chi connectivity index (χ2n) is 19.5. The van der Waals surface area contributed by atoms with E-state index in [1.54, 1.807) is 0 Å². The van der Waals surface area contributed by atoms with Gasteiger partial charge >= 0.3 is 0 Å². The summed E-state index contributed by atoms with van der Waals surface area (Å²) in [7, 11) is 0. The highest BCUT2D eigenvalue weighted by Crippen LogP contribution is 2.37. The number of rotatable bonds is 12. The van der Waals surface area contributed by atoms with Crippen molar-refractivity contribution in [1.82, 2.24) is 9.97 Å². The minimum absolute atomic E-state index is 0. The van der Waals surface area contributed by atoms with Gasteiger partial charge in [0.1, 0.15) is 0 Å². The van der Waals surface area contributed by atoms with Gasteiger partial charge in [0, 0.05) is 121 Å². The second kappa shape index (κ2) is 25.9. The number of H-pyrrole nitrogens is 2. The molecule has 12 heteroatoms. The molecule has 2 N–H and O–H groups in total. The van der Waals surface area contributed by atoms with E-state index in [9.17, 15) is 0 Å². The average Bonchev–Trinajstić information content (AvgIpc) is 4.37. The van der Waals surface area contributed by atoms with Crippen molar-refractivity contribution in [2.24, 2.45) is 9.98 Å². The summed E-state index contributed by atoms with van der Waals surface area (Å²) in [5, 5.41) is 1.93. The van der Waals surface area contributed by atoms with Crippen LogP contribution in [-0.4, -0.2) is 21.4 Å². The summed E-state index contributed by atoms with van der Waals surface area (Å²) in [6.07, 6.45) is 27.7. The van der Waals surface area contributed by atoms with E-state index in [1.165, 1.54) is 22.3 Å². The molecule has 0 saturated carbocycles. The SMILES string of the molecule is C1=CC2=C(c3ccc(C[n+]4ccccc4)cc3)c3c[nH]c(c3)C(c3ccc(C[n+]4ccccc4)cc3)=C3C=CC(=N3)C(c3ccc(C[n+]4ccccc4)cc3)=c3ccc([nH]3)=C(c3ccc(C[n+]4ccccc4)cc3)C1=N2.[Br-].[Br-].[Br-].[Br-]. The molecule has 0 spiro atoms. The van der Waals surface area contributed by atoms with Crippen LogP contribution in [0.5, 0.6) is 0 Å². The molecule has 6 aromatic heterocycles. The molecule has 8 bridgehead atoms. The van der Waals surface area contributed by atoms with Crippen LogP contribution in [0.4, 0.5) is 0 Å². The van der Waals surface area contributed by atoms with E-state index in [0.717, 1.165) is 115 Å². The molecule has 3 aliphatic rings. The number of aromatic nitrogens is 6. The summed E-state index contributed by atoms with van der Waals surface area (Å²) in [5.74, 6) is 0. The third-order valence-corrected chi connectivity index (χ3v) is 14.3. The third kappa shape index (κ3) is 12.4. The van der Waals surface area contributed by atoms with Gasteiger partial charge in [-0.2, -0.15) is 0 Å². The van der Waals surface area contributed by atoms with Gasteiger partial charge in [-0.1, -0.05) is 121 Å². The maximum atomic E-state index is 5.61. The molecule has 3 aliphatic heterocycles. The smallest absolute Gasteiger partial charge is 0.173 e. The monoisotopic (exact) mass is 1300 g/mol. The lowest BCUT2D eigenvalue weighted by molar-refractivity contribution is -0.688. The zero-order valence-electron chi connectivity index (χ0n) is 43.4. The van der Waals surface area contributed by atoms with Gasteiger partial charge in [0.15, 0.2) is 75.8 Å². The lowest BCUT2D eigenvalue weighted by Crippen LogP contribution is -3.00. The highest BCUT2D eigenvalue weighted by Gasteiger charge is 2.24. The van der Waals surface area contributed by atoms with Crippen LogP contribution in [-0.2, 0) is 26.2 Å². The Balaban J connectivity index is 0.00000194. The van der Waals surface area contributed by atoms with E-state index >= 15 is 0 Å². The van der Waals surface area contributed by atoms with Crippen LogP contribution >= 0.6 is 0 Å². The topological polar surface area (TPSA) is 71.8 Å². The van der Waals surface area contributed by atoms with Gasteiger partial charge in [-0.25, -0.2) is 28.3 Å². The van der Waals surface area contributed by atoms with Crippen molar-refractivity contribution in [1.29, 1.82) is 0 Å². The number of aliphatic imine (C=N–C) groups is 2. The minimum atomic E-state index is 0. The molecule has 9 heterocycles. The first-order valence-electron chi connectivity index (χ1n) is 25.9. The maximum absolute atomic E-state index is 5.61. The van der Waals surface area contributed by atoms with E-state index in [4.69, 9.17) is 9.98 Å². The first-order valence-corrected chi connectivity index (χ1v) is 25.9. The van der Waals surface area contributed by atoms with E-state index < -0.39 is 0 Å². The standard InChI is InChI=1S/C68H54N8.4BrH/c1-5-35-73(36-6-1)45-49-13-21-53(22-14-49)65-57-43-64(69-44-57)68(56-27-19-52(20-28-56)48-76-41-11-4-12-42-76)63-34-33-62(72-63)67(55-25-17-51(18-26-55)47-75-39-9-3-10-40-75)61-32-31-60(71-61)66(59-30-29-58(65)70-59)54-23-15-50(16-24-54)46-74-37-7-2-8-38-74;;;;/h1-44,69,71H,45-48H2;4*1H/q+4;;;;/p-4. The summed E-state index contributed by atoms with van der Waals surface area (Å²) >= 11 is 0. The van der Waals surface area contributed by atoms with Crippen molar-refractivity contribution < 1.29 is 86.2 Å². The molecule has 80 heavy (non-hydrogen) atoms. The molecule has 0 fully saturated rings. The zero-order valence-corrected chi connectivity index (χ0v) is 49.8. The summed E-state index contributed by atoms with van der Waals surface area (Å²) < 4.78 is 8.79. The van der Waals surface area contributed by atoms with Crippen LogP contribution in [0, 0.1) is 0 Å². The predicted octanol–water partition coefficient (Wildman–Crippen LogP) is -2.65. The average molecular weight is 1300 g/mol. The number of fused-ring (bicyclic) bond motifs is 6. The van der Waals surface area contributed by atoms with E-state index in [-0.39, 0.29) is 67.9 Å². The Labute approximate surface area is 508 Å². The first-order chi connectivity index (χ1) is 37.6. The first kappa shape index (κ1) is 56.7. The number of hydrogen-bond acceptors (Lipinski definition) is 2. The minimum Gasteiger partial charge on any atom is -1.00 e. The zero-order chi connectivity index (χ0) is 50.6. The molecule has 0 amide bonds. The number of hydrogen-bond donors (Lipinski definition) is 2. The van der Waals surface area contributed by atoms with Crippen LogP contribution in [0.3, 0.4) is 0 Å². The molecular formula is C68H54Br4N8. The molecule has 8 nitrogen and oxygen atoms in total. The van der Waals surface area contributed by atoms with E-state index in [1.807, 2.05) is 12.1 Å². The molecule has 0 atom stereocenters. The molecule has 0 aliphatic carbocycles. The van der Waals surface area contributed by atoms with Crippen molar-refractivity contribution in [3.63, 3.8) is 0 Å². The molecule has 10 aromatic rings.